The van der Waals surface area contributed by atoms with Crippen LogP contribution in [-0.4, -0.2) is 46.4 Å². The van der Waals surface area contributed by atoms with Crippen LogP contribution in [0.2, 0.25) is 0 Å². The number of ether oxygens (including phenoxy) is 1. The Morgan fingerprint density at radius 2 is 2.24 bits per heavy atom. The number of amides is 1. The molecular weight excluding hydrogens is 336 g/mol. The van der Waals surface area contributed by atoms with Crippen LogP contribution in [0.15, 0.2) is 29.8 Å². The van der Waals surface area contributed by atoms with E-state index in [1.165, 1.54) is 10.6 Å². The van der Waals surface area contributed by atoms with E-state index in [2.05, 4.69) is 21.4 Å². The Kier molecular flexibility index (Phi) is 5.14. The molecule has 2 aromatic heterocycles. The molecule has 0 saturated carbocycles. The highest BCUT2D eigenvalue weighted by molar-refractivity contribution is 7.09. The maximum atomic E-state index is 12.4. The molecule has 6 nitrogen and oxygen atoms in total. The minimum Gasteiger partial charge on any atom is -0.381 e. The topological polar surface area (TPSA) is 59.4 Å². The van der Waals surface area contributed by atoms with Gasteiger partial charge in [-0.25, -0.2) is 0 Å². The zero-order valence-electron chi connectivity index (χ0n) is 14.3. The maximum Gasteiger partial charge on any atom is 0.222 e. The van der Waals surface area contributed by atoms with E-state index < -0.39 is 0 Å². The van der Waals surface area contributed by atoms with Crippen molar-refractivity contribution in [3.63, 3.8) is 0 Å². The second-order valence-electron chi connectivity index (χ2n) is 6.75. The normalized spacial score (nSPS) is 21.8. The van der Waals surface area contributed by atoms with E-state index in [4.69, 9.17) is 4.74 Å². The molecule has 4 heterocycles. The van der Waals surface area contributed by atoms with Gasteiger partial charge < -0.3 is 10.1 Å². The van der Waals surface area contributed by atoms with Crippen LogP contribution in [0.25, 0.3) is 0 Å². The second kappa shape index (κ2) is 7.68. The van der Waals surface area contributed by atoms with Gasteiger partial charge in [0.15, 0.2) is 0 Å². The lowest BCUT2D eigenvalue weighted by Gasteiger charge is -2.40. The Bertz CT molecular complexity index is 694. The number of aromatic nitrogens is 2. The summed E-state index contributed by atoms with van der Waals surface area (Å²) >= 11 is 1.67. The molecule has 0 spiro atoms. The summed E-state index contributed by atoms with van der Waals surface area (Å²) in [7, 11) is 0. The number of thiophene rings is 1. The van der Waals surface area contributed by atoms with Gasteiger partial charge in [0.25, 0.3) is 0 Å². The Morgan fingerprint density at radius 1 is 1.36 bits per heavy atom. The van der Waals surface area contributed by atoms with E-state index in [1.54, 1.807) is 11.3 Å². The summed E-state index contributed by atoms with van der Waals surface area (Å²) in [6, 6.07) is 6.78. The van der Waals surface area contributed by atoms with Gasteiger partial charge in [-0.1, -0.05) is 6.07 Å². The molecule has 2 aromatic rings. The first kappa shape index (κ1) is 16.8. The Labute approximate surface area is 151 Å². The zero-order valence-corrected chi connectivity index (χ0v) is 15.1. The number of rotatable bonds is 5. The monoisotopic (exact) mass is 360 g/mol. The lowest BCUT2D eigenvalue weighted by Crippen LogP contribution is -2.46. The minimum absolute atomic E-state index is 0.0914. The van der Waals surface area contributed by atoms with Gasteiger partial charge in [-0.05, 0) is 30.4 Å². The number of hydrogen-bond acceptors (Lipinski definition) is 5. The number of hydrogen-bond donors (Lipinski definition) is 1. The van der Waals surface area contributed by atoms with Crippen LogP contribution in [0.3, 0.4) is 0 Å². The summed E-state index contributed by atoms with van der Waals surface area (Å²) < 4.78 is 7.54. The SMILES string of the molecule is O=C(C[C@H]1CN(C2CCOCC2)Cc2ccnn21)NCc1cccs1. The second-order valence-corrected chi connectivity index (χ2v) is 7.79. The molecule has 1 saturated heterocycles. The highest BCUT2D eigenvalue weighted by Gasteiger charge is 2.31. The van der Waals surface area contributed by atoms with Crippen LogP contribution in [0, 0.1) is 0 Å². The predicted molar refractivity (Wildman–Crippen MR) is 96.3 cm³/mol. The van der Waals surface area contributed by atoms with Crippen molar-refractivity contribution < 1.29 is 9.53 Å². The summed E-state index contributed by atoms with van der Waals surface area (Å²) in [5.41, 5.74) is 1.20. The van der Waals surface area contributed by atoms with Crippen molar-refractivity contribution in [1.29, 1.82) is 0 Å². The van der Waals surface area contributed by atoms with Gasteiger partial charge in [-0.2, -0.15) is 5.10 Å². The molecule has 25 heavy (non-hydrogen) atoms. The summed E-state index contributed by atoms with van der Waals surface area (Å²) in [5.74, 6) is 0.0914. The molecule has 7 heteroatoms. The standard InChI is InChI=1S/C18H24N4O2S/c23-18(19-11-17-2-1-9-25-17)10-16-13-21(14-4-7-24-8-5-14)12-15-3-6-20-22(15)16/h1-3,6,9,14,16H,4-5,7-8,10-13H2,(H,19,23)/t16-/m0/s1. The predicted octanol–water partition coefficient (Wildman–Crippen LogP) is 2.19. The quantitative estimate of drug-likeness (QED) is 0.888. The molecule has 2 aliphatic rings. The summed E-state index contributed by atoms with van der Waals surface area (Å²) in [5, 5.41) is 9.54. The van der Waals surface area contributed by atoms with E-state index in [9.17, 15) is 4.79 Å². The molecular formula is C18H24N4O2S. The van der Waals surface area contributed by atoms with Crippen LogP contribution >= 0.6 is 11.3 Å². The molecule has 134 valence electrons. The van der Waals surface area contributed by atoms with E-state index >= 15 is 0 Å². The third-order valence-corrected chi connectivity index (χ3v) is 5.95. The molecule has 0 radical (unpaired) electrons. The van der Waals surface area contributed by atoms with Crippen LogP contribution < -0.4 is 5.32 Å². The first-order chi connectivity index (χ1) is 12.3. The van der Waals surface area contributed by atoms with Crippen molar-refractivity contribution in [3.05, 3.63) is 40.3 Å². The van der Waals surface area contributed by atoms with Crippen molar-refractivity contribution in [2.24, 2.45) is 0 Å². The van der Waals surface area contributed by atoms with Crippen molar-refractivity contribution in [2.75, 3.05) is 19.8 Å². The molecule has 0 unspecified atom stereocenters. The Balaban J connectivity index is 1.40. The smallest absolute Gasteiger partial charge is 0.222 e. The largest absolute Gasteiger partial charge is 0.381 e. The highest BCUT2D eigenvalue weighted by atomic mass is 32.1. The average Bonchev–Trinajstić information content (AvgIpc) is 3.32. The van der Waals surface area contributed by atoms with Crippen LogP contribution in [-0.2, 0) is 22.6 Å². The maximum absolute atomic E-state index is 12.4. The highest BCUT2D eigenvalue weighted by Crippen LogP contribution is 2.27. The number of nitrogens with zero attached hydrogens (tertiary/aromatic N) is 3. The fourth-order valence-electron chi connectivity index (χ4n) is 3.78. The van der Waals surface area contributed by atoms with Crippen molar-refractivity contribution in [2.45, 2.75) is 44.4 Å². The number of carbonyl (C=O) groups excluding carboxylic acids is 1. The third-order valence-electron chi connectivity index (χ3n) is 5.08. The molecule has 1 N–H and O–H groups in total. The van der Waals surface area contributed by atoms with Crippen molar-refractivity contribution >= 4 is 17.2 Å². The fourth-order valence-corrected chi connectivity index (χ4v) is 4.43. The lowest BCUT2D eigenvalue weighted by atomic mass is 10.0. The molecule has 1 amide bonds. The van der Waals surface area contributed by atoms with E-state index in [0.29, 0.717) is 19.0 Å². The summed E-state index contributed by atoms with van der Waals surface area (Å²) in [6.45, 7) is 4.08. The number of nitrogens with one attached hydrogen (secondary N) is 1. The van der Waals surface area contributed by atoms with Crippen molar-refractivity contribution in [3.8, 4) is 0 Å². The van der Waals surface area contributed by atoms with E-state index in [0.717, 1.165) is 39.1 Å². The number of carbonyl (C=O) groups is 1. The molecule has 1 atom stereocenters. The number of fused-ring (bicyclic) bond motifs is 1. The third kappa shape index (κ3) is 3.94. The molecule has 1 fully saturated rings. The summed E-state index contributed by atoms with van der Waals surface area (Å²) in [6.07, 6.45) is 4.47. The zero-order chi connectivity index (χ0) is 17.1. The molecule has 2 aliphatic heterocycles. The fraction of sp³-hybridized carbons (Fsp3) is 0.556. The van der Waals surface area contributed by atoms with Crippen LogP contribution in [0.1, 0.15) is 35.9 Å². The Morgan fingerprint density at radius 3 is 3.04 bits per heavy atom. The molecule has 4 rings (SSSR count). The lowest BCUT2D eigenvalue weighted by molar-refractivity contribution is -0.122. The van der Waals surface area contributed by atoms with Gasteiger partial charge in [0, 0.05) is 43.4 Å². The van der Waals surface area contributed by atoms with Crippen LogP contribution in [0.5, 0.6) is 0 Å². The van der Waals surface area contributed by atoms with Gasteiger partial charge in [-0.3, -0.25) is 14.4 Å². The van der Waals surface area contributed by atoms with Gasteiger partial charge in [-0.15, -0.1) is 11.3 Å². The van der Waals surface area contributed by atoms with Gasteiger partial charge in [0.05, 0.1) is 24.7 Å². The van der Waals surface area contributed by atoms with Gasteiger partial charge in [0.2, 0.25) is 5.91 Å². The summed E-state index contributed by atoms with van der Waals surface area (Å²) in [4.78, 5) is 16.1. The van der Waals surface area contributed by atoms with Crippen molar-refractivity contribution in [1.82, 2.24) is 20.0 Å². The first-order valence-corrected chi connectivity index (χ1v) is 9.81. The molecule has 0 bridgehead atoms. The van der Waals surface area contributed by atoms with Gasteiger partial charge >= 0.3 is 0 Å². The van der Waals surface area contributed by atoms with Crippen LogP contribution in [0.4, 0.5) is 0 Å². The minimum atomic E-state index is 0.0914. The van der Waals surface area contributed by atoms with E-state index in [-0.39, 0.29) is 11.9 Å². The first-order valence-electron chi connectivity index (χ1n) is 8.93. The van der Waals surface area contributed by atoms with Gasteiger partial charge in [0.1, 0.15) is 0 Å². The molecule has 0 aliphatic carbocycles. The Hall–Kier alpha value is -1.70. The van der Waals surface area contributed by atoms with E-state index in [1.807, 2.05) is 28.4 Å². The molecule has 0 aromatic carbocycles. The average molecular weight is 360 g/mol.